The van der Waals surface area contributed by atoms with Gasteiger partial charge in [-0.3, -0.25) is 9.00 Å². The Morgan fingerprint density at radius 1 is 1.40 bits per heavy atom. The molecule has 80 valence electrons. The Morgan fingerprint density at radius 2 is 2.00 bits per heavy atom. The molecule has 0 aliphatic heterocycles. The lowest BCUT2D eigenvalue weighted by Crippen LogP contribution is -2.16. The number of halogens is 1. The molecule has 0 radical (unpaired) electrons. The molecule has 0 heterocycles. The molecule has 5 heteroatoms. The van der Waals surface area contributed by atoms with E-state index in [1.165, 1.54) is 24.3 Å². The van der Waals surface area contributed by atoms with Crippen LogP contribution in [0.15, 0.2) is 29.2 Å². The zero-order valence-electron chi connectivity index (χ0n) is 7.85. The molecular weight excluding hydrogens is 217 g/mol. The molecule has 1 amide bonds. The number of benzene rings is 1. The zero-order chi connectivity index (χ0) is 11.0. The molecule has 1 aromatic rings. The van der Waals surface area contributed by atoms with E-state index in [0.29, 0.717) is 11.3 Å². The summed E-state index contributed by atoms with van der Waals surface area (Å²) in [4.78, 5) is 11.3. The van der Waals surface area contributed by atoms with E-state index in [-0.39, 0.29) is 17.0 Å². The van der Waals surface area contributed by atoms with Crippen LogP contribution in [0.4, 0.5) is 4.39 Å². The number of primary amides is 1. The zero-order valence-corrected chi connectivity index (χ0v) is 8.67. The van der Waals surface area contributed by atoms with Crippen molar-refractivity contribution in [2.45, 2.75) is 16.6 Å². The Bertz CT molecular complexity index is 418. The van der Waals surface area contributed by atoms with Crippen LogP contribution in [0.25, 0.3) is 0 Å². The molecule has 2 unspecified atom stereocenters. The minimum absolute atomic E-state index is 0.187. The first-order valence-electron chi connectivity index (χ1n) is 4.55. The van der Waals surface area contributed by atoms with Gasteiger partial charge >= 0.3 is 0 Å². The summed E-state index contributed by atoms with van der Waals surface area (Å²) < 4.78 is 24.4. The molecule has 0 saturated heterocycles. The van der Waals surface area contributed by atoms with Crippen molar-refractivity contribution in [3.8, 4) is 0 Å². The van der Waals surface area contributed by atoms with Gasteiger partial charge in [0, 0.05) is 4.90 Å². The van der Waals surface area contributed by atoms with E-state index < -0.39 is 16.7 Å². The molecule has 1 saturated carbocycles. The topological polar surface area (TPSA) is 60.2 Å². The molecule has 0 bridgehead atoms. The summed E-state index contributed by atoms with van der Waals surface area (Å²) in [6, 6.07) is 5.47. The summed E-state index contributed by atoms with van der Waals surface area (Å²) in [5.74, 6) is -1.05. The molecule has 1 fully saturated rings. The van der Waals surface area contributed by atoms with Gasteiger partial charge in [-0.25, -0.2) is 4.39 Å². The number of hydrogen-bond acceptors (Lipinski definition) is 2. The molecule has 1 aromatic carbocycles. The van der Waals surface area contributed by atoms with Gasteiger partial charge in [0.05, 0.1) is 22.0 Å². The van der Waals surface area contributed by atoms with Gasteiger partial charge in [-0.05, 0) is 30.7 Å². The molecule has 3 atom stereocenters. The smallest absolute Gasteiger partial charge is 0.221 e. The lowest BCUT2D eigenvalue weighted by atomic mass is 10.4. The van der Waals surface area contributed by atoms with E-state index in [4.69, 9.17) is 5.73 Å². The van der Waals surface area contributed by atoms with Crippen LogP contribution in [0.1, 0.15) is 6.42 Å². The fourth-order valence-corrected chi connectivity index (χ4v) is 3.02. The highest BCUT2D eigenvalue weighted by Crippen LogP contribution is 2.37. The van der Waals surface area contributed by atoms with Crippen LogP contribution in [-0.2, 0) is 15.6 Å². The number of rotatable bonds is 3. The molecule has 3 nitrogen and oxygen atoms in total. The lowest BCUT2D eigenvalue weighted by molar-refractivity contribution is -0.119. The van der Waals surface area contributed by atoms with Gasteiger partial charge in [-0.15, -0.1) is 0 Å². The Labute approximate surface area is 88.9 Å². The van der Waals surface area contributed by atoms with Gasteiger partial charge in [0.2, 0.25) is 5.91 Å². The van der Waals surface area contributed by atoms with Crippen molar-refractivity contribution >= 4 is 16.7 Å². The van der Waals surface area contributed by atoms with Gasteiger partial charge in [-0.1, -0.05) is 0 Å². The van der Waals surface area contributed by atoms with E-state index in [9.17, 15) is 13.4 Å². The fourth-order valence-electron chi connectivity index (χ4n) is 1.45. The third-order valence-corrected chi connectivity index (χ3v) is 4.23. The van der Waals surface area contributed by atoms with E-state index in [1.807, 2.05) is 0 Å². The molecule has 1 aliphatic rings. The summed E-state index contributed by atoms with van der Waals surface area (Å²) in [6.45, 7) is 0. The number of amides is 1. The third-order valence-electron chi connectivity index (χ3n) is 2.42. The highest BCUT2D eigenvalue weighted by atomic mass is 32.2. The van der Waals surface area contributed by atoms with Crippen molar-refractivity contribution in [2.24, 2.45) is 11.7 Å². The van der Waals surface area contributed by atoms with Crippen LogP contribution in [0.5, 0.6) is 0 Å². The van der Waals surface area contributed by atoms with Gasteiger partial charge in [0.25, 0.3) is 0 Å². The van der Waals surface area contributed by atoms with E-state index in [2.05, 4.69) is 0 Å². The quantitative estimate of drug-likeness (QED) is 0.830. The first-order valence-corrected chi connectivity index (χ1v) is 5.76. The summed E-state index contributed by atoms with van der Waals surface area (Å²) in [5.41, 5.74) is 5.09. The van der Waals surface area contributed by atoms with Crippen molar-refractivity contribution in [3.05, 3.63) is 30.1 Å². The van der Waals surface area contributed by atoms with Gasteiger partial charge in [-0.2, -0.15) is 0 Å². The average molecular weight is 227 g/mol. The van der Waals surface area contributed by atoms with E-state index >= 15 is 0 Å². The molecule has 2 rings (SSSR count). The van der Waals surface area contributed by atoms with Crippen molar-refractivity contribution in [1.29, 1.82) is 0 Å². The second-order valence-corrected chi connectivity index (χ2v) is 5.21. The molecular formula is C10H10FNO2S. The Kier molecular flexibility index (Phi) is 2.56. The van der Waals surface area contributed by atoms with Crippen LogP contribution in [0, 0.1) is 11.7 Å². The first kappa shape index (κ1) is 10.3. The molecule has 0 aromatic heterocycles. The minimum atomic E-state index is -1.25. The minimum Gasteiger partial charge on any atom is -0.369 e. The monoisotopic (exact) mass is 227 g/mol. The van der Waals surface area contributed by atoms with Gasteiger partial charge in [0.1, 0.15) is 5.82 Å². The maximum atomic E-state index is 12.6. The average Bonchev–Trinajstić information content (AvgIpc) is 2.97. The summed E-state index contributed by atoms with van der Waals surface area (Å²) in [7, 11) is -1.25. The van der Waals surface area contributed by atoms with Gasteiger partial charge in [0.15, 0.2) is 0 Å². The predicted octanol–water partition coefficient (Wildman–Crippen LogP) is 0.807. The van der Waals surface area contributed by atoms with Crippen LogP contribution in [-0.4, -0.2) is 15.4 Å². The Balaban J connectivity index is 2.10. The maximum Gasteiger partial charge on any atom is 0.221 e. The first-order chi connectivity index (χ1) is 7.09. The lowest BCUT2D eigenvalue weighted by Gasteiger charge is -1.99. The SMILES string of the molecule is NC(=O)[C@H]1CC1S(=O)c1ccc(F)cc1. The predicted molar refractivity (Wildman–Crippen MR) is 53.9 cm³/mol. The number of carbonyl (C=O) groups is 1. The number of nitrogens with two attached hydrogens (primary N) is 1. The maximum absolute atomic E-state index is 12.6. The Hall–Kier alpha value is -1.23. The van der Waals surface area contributed by atoms with Crippen LogP contribution in [0.3, 0.4) is 0 Å². The second-order valence-electron chi connectivity index (χ2n) is 3.53. The van der Waals surface area contributed by atoms with Gasteiger partial charge < -0.3 is 5.73 Å². The highest BCUT2D eigenvalue weighted by Gasteiger charge is 2.46. The van der Waals surface area contributed by atoms with E-state index in [0.717, 1.165) is 0 Å². The largest absolute Gasteiger partial charge is 0.369 e. The standard InChI is InChI=1S/C10H10FNO2S/c11-6-1-3-7(4-2-6)15(14)9-5-8(9)10(12)13/h1-4,8-9H,5H2,(H2,12,13)/t8-,9?,15?/m0/s1. The van der Waals surface area contributed by atoms with E-state index in [1.54, 1.807) is 0 Å². The molecule has 2 N–H and O–H groups in total. The second kappa shape index (κ2) is 3.73. The van der Waals surface area contributed by atoms with Crippen molar-refractivity contribution < 1.29 is 13.4 Å². The molecule has 1 aliphatic carbocycles. The number of hydrogen-bond donors (Lipinski definition) is 1. The fraction of sp³-hybridized carbons (Fsp3) is 0.300. The summed E-state index contributed by atoms with van der Waals surface area (Å²) >= 11 is 0. The van der Waals surface area contributed by atoms with Crippen molar-refractivity contribution in [1.82, 2.24) is 0 Å². The molecule has 15 heavy (non-hydrogen) atoms. The van der Waals surface area contributed by atoms with Crippen LogP contribution in [0.2, 0.25) is 0 Å². The highest BCUT2D eigenvalue weighted by molar-refractivity contribution is 7.86. The summed E-state index contributed by atoms with van der Waals surface area (Å²) in [5, 5.41) is -0.187. The third kappa shape index (κ3) is 2.07. The molecule has 0 spiro atoms. The van der Waals surface area contributed by atoms with Crippen LogP contribution >= 0.6 is 0 Å². The van der Waals surface area contributed by atoms with Crippen molar-refractivity contribution in [2.75, 3.05) is 0 Å². The van der Waals surface area contributed by atoms with Crippen molar-refractivity contribution in [3.63, 3.8) is 0 Å². The summed E-state index contributed by atoms with van der Waals surface area (Å²) in [6.07, 6.45) is 0.569. The number of carbonyl (C=O) groups excluding carboxylic acids is 1. The Morgan fingerprint density at radius 3 is 2.47 bits per heavy atom. The van der Waals surface area contributed by atoms with Crippen LogP contribution < -0.4 is 5.73 Å². The normalized spacial score (nSPS) is 25.9.